The minimum atomic E-state index is -0.778. The van der Waals surface area contributed by atoms with Crippen molar-refractivity contribution in [1.29, 1.82) is 0 Å². The summed E-state index contributed by atoms with van der Waals surface area (Å²) in [4.78, 5) is 22.0. The summed E-state index contributed by atoms with van der Waals surface area (Å²) < 4.78 is 0. The van der Waals surface area contributed by atoms with E-state index >= 15 is 0 Å². The fraction of sp³-hybridized carbons (Fsp3) is 0.440. The Morgan fingerprint density at radius 3 is 2.73 bits per heavy atom. The van der Waals surface area contributed by atoms with Gasteiger partial charge in [-0.15, -0.1) is 0 Å². The predicted octanol–water partition coefficient (Wildman–Crippen LogP) is 3.46. The van der Waals surface area contributed by atoms with E-state index in [0.29, 0.717) is 32.4 Å². The molecule has 1 N–H and O–H groups in total. The lowest BCUT2D eigenvalue weighted by Crippen LogP contribution is -2.52. The van der Waals surface area contributed by atoms with Crippen molar-refractivity contribution < 1.29 is 9.90 Å². The molecular weight excluding hydrogens is 374 g/mol. The first-order chi connectivity index (χ1) is 14.5. The van der Waals surface area contributed by atoms with Gasteiger partial charge in [-0.3, -0.25) is 4.79 Å². The molecule has 3 aliphatic heterocycles. The number of amides is 1. The quantitative estimate of drug-likeness (QED) is 0.854. The molecule has 1 unspecified atom stereocenters. The summed E-state index contributed by atoms with van der Waals surface area (Å²) in [5.74, 6) is 1.25. The van der Waals surface area contributed by atoms with E-state index in [0.717, 1.165) is 36.6 Å². The van der Waals surface area contributed by atoms with Crippen molar-refractivity contribution >= 4 is 17.4 Å². The van der Waals surface area contributed by atoms with Crippen LogP contribution in [-0.2, 0) is 17.8 Å². The predicted molar refractivity (Wildman–Crippen MR) is 118 cm³/mol. The number of rotatable bonds is 3. The van der Waals surface area contributed by atoms with Crippen LogP contribution < -0.4 is 0 Å². The maximum absolute atomic E-state index is 12.8. The standard InChI is InChI=1S/C25H29N3O2/c1-18-5-4-6-19(15-18)16-23(29)27-13-10-25(30,11-14-27)21-9-12-28-17-20-7-2-3-8-22(20)26-24(21)28/h2-8,15,21,30H,9-14,16-17H2,1H3. The number of amidine groups is 1. The zero-order valence-electron chi connectivity index (χ0n) is 17.6. The molecule has 0 saturated carbocycles. The summed E-state index contributed by atoms with van der Waals surface area (Å²) in [7, 11) is 0. The molecule has 5 nitrogen and oxygen atoms in total. The molecule has 2 aromatic rings. The average molecular weight is 404 g/mol. The third-order valence-corrected chi connectivity index (χ3v) is 6.98. The Labute approximate surface area is 178 Å². The number of hydrogen-bond donors (Lipinski definition) is 1. The molecule has 0 aliphatic carbocycles. The number of carbonyl (C=O) groups excluding carboxylic acids is 1. The van der Waals surface area contributed by atoms with Crippen molar-refractivity contribution in [2.45, 2.75) is 44.8 Å². The van der Waals surface area contributed by atoms with Crippen LogP contribution in [0, 0.1) is 12.8 Å². The third kappa shape index (κ3) is 3.52. The van der Waals surface area contributed by atoms with Crippen molar-refractivity contribution in [3.63, 3.8) is 0 Å². The molecule has 2 saturated heterocycles. The van der Waals surface area contributed by atoms with Crippen LogP contribution in [0.2, 0.25) is 0 Å². The highest BCUT2D eigenvalue weighted by Gasteiger charge is 2.47. The van der Waals surface area contributed by atoms with Crippen molar-refractivity contribution in [2.24, 2.45) is 10.9 Å². The zero-order chi connectivity index (χ0) is 20.7. The van der Waals surface area contributed by atoms with Gasteiger partial charge in [0.25, 0.3) is 0 Å². The number of carbonyl (C=O) groups is 1. The average Bonchev–Trinajstić information content (AvgIpc) is 3.16. The fourth-order valence-corrected chi connectivity index (χ4v) is 5.25. The molecular formula is C25H29N3O2. The fourth-order valence-electron chi connectivity index (χ4n) is 5.25. The van der Waals surface area contributed by atoms with Gasteiger partial charge in [0.1, 0.15) is 5.84 Å². The minimum absolute atomic E-state index is 0.0554. The Morgan fingerprint density at radius 1 is 1.13 bits per heavy atom. The van der Waals surface area contributed by atoms with Crippen LogP contribution in [-0.4, -0.2) is 51.9 Å². The lowest BCUT2D eigenvalue weighted by atomic mass is 9.78. The van der Waals surface area contributed by atoms with E-state index in [1.165, 1.54) is 11.1 Å². The van der Waals surface area contributed by atoms with Crippen LogP contribution in [0.25, 0.3) is 0 Å². The smallest absolute Gasteiger partial charge is 0.226 e. The number of aryl methyl sites for hydroxylation is 1. The maximum Gasteiger partial charge on any atom is 0.226 e. The molecule has 0 radical (unpaired) electrons. The van der Waals surface area contributed by atoms with Gasteiger partial charge >= 0.3 is 0 Å². The first kappa shape index (κ1) is 19.3. The first-order valence-corrected chi connectivity index (χ1v) is 11.0. The number of nitrogens with zero attached hydrogens (tertiary/aromatic N) is 3. The van der Waals surface area contributed by atoms with Gasteiger partial charge in [-0.05, 0) is 43.4 Å². The topological polar surface area (TPSA) is 56.1 Å². The molecule has 3 heterocycles. The number of para-hydroxylation sites is 1. The number of fused-ring (bicyclic) bond motifs is 2. The minimum Gasteiger partial charge on any atom is -0.389 e. The molecule has 30 heavy (non-hydrogen) atoms. The highest BCUT2D eigenvalue weighted by atomic mass is 16.3. The number of benzene rings is 2. The van der Waals surface area contributed by atoms with Gasteiger partial charge in [0.05, 0.1) is 17.7 Å². The number of hydrogen-bond acceptors (Lipinski definition) is 4. The summed E-state index contributed by atoms with van der Waals surface area (Å²) in [5.41, 5.74) is 3.74. The van der Waals surface area contributed by atoms with Crippen molar-refractivity contribution in [2.75, 3.05) is 19.6 Å². The van der Waals surface area contributed by atoms with Gasteiger partial charge in [0.15, 0.2) is 0 Å². The normalized spacial score (nSPS) is 22.3. The van der Waals surface area contributed by atoms with E-state index in [1.54, 1.807) is 0 Å². The van der Waals surface area contributed by atoms with E-state index in [2.05, 4.69) is 29.2 Å². The van der Waals surface area contributed by atoms with Crippen molar-refractivity contribution in [3.8, 4) is 0 Å². The summed E-state index contributed by atoms with van der Waals surface area (Å²) in [5, 5.41) is 11.5. The van der Waals surface area contributed by atoms with Crippen molar-refractivity contribution in [3.05, 3.63) is 65.2 Å². The van der Waals surface area contributed by atoms with Gasteiger partial charge < -0.3 is 14.9 Å². The van der Waals surface area contributed by atoms with E-state index in [9.17, 15) is 9.90 Å². The summed E-state index contributed by atoms with van der Waals surface area (Å²) in [6.45, 7) is 5.09. The maximum atomic E-state index is 12.8. The van der Waals surface area contributed by atoms with E-state index in [1.807, 2.05) is 36.1 Å². The summed E-state index contributed by atoms with van der Waals surface area (Å²) in [6, 6.07) is 16.4. The molecule has 0 bridgehead atoms. The SMILES string of the molecule is Cc1cccc(CC(=O)N2CCC(O)(C3CCN4Cc5ccccc5N=C34)CC2)c1. The van der Waals surface area contributed by atoms with E-state index in [4.69, 9.17) is 4.99 Å². The molecule has 1 amide bonds. The summed E-state index contributed by atoms with van der Waals surface area (Å²) >= 11 is 0. The van der Waals surface area contributed by atoms with Crippen LogP contribution in [0.15, 0.2) is 53.5 Å². The third-order valence-electron chi connectivity index (χ3n) is 6.98. The van der Waals surface area contributed by atoms with Crippen molar-refractivity contribution in [1.82, 2.24) is 9.80 Å². The van der Waals surface area contributed by atoms with Gasteiger partial charge in [-0.1, -0.05) is 48.0 Å². The lowest BCUT2D eigenvalue weighted by Gasteiger charge is -2.42. The van der Waals surface area contributed by atoms with Crippen LogP contribution in [0.4, 0.5) is 5.69 Å². The molecule has 5 rings (SSSR count). The molecule has 3 aliphatic rings. The molecule has 1 atom stereocenters. The molecule has 156 valence electrons. The van der Waals surface area contributed by atoms with E-state index < -0.39 is 5.60 Å². The van der Waals surface area contributed by atoms with Crippen LogP contribution >= 0.6 is 0 Å². The largest absolute Gasteiger partial charge is 0.389 e. The molecule has 0 spiro atoms. The number of aliphatic imine (C=N–C) groups is 1. The molecule has 0 aromatic heterocycles. The highest BCUT2D eigenvalue weighted by Crippen LogP contribution is 2.41. The Bertz CT molecular complexity index is 991. The van der Waals surface area contributed by atoms with Gasteiger partial charge in [0.2, 0.25) is 5.91 Å². The number of likely N-dealkylation sites (tertiary alicyclic amines) is 1. The first-order valence-electron chi connectivity index (χ1n) is 11.0. The lowest BCUT2D eigenvalue weighted by molar-refractivity contribution is -0.135. The van der Waals surface area contributed by atoms with Crippen LogP contribution in [0.5, 0.6) is 0 Å². The zero-order valence-corrected chi connectivity index (χ0v) is 17.6. The number of piperidine rings is 1. The second kappa shape index (κ2) is 7.55. The van der Waals surface area contributed by atoms with Gasteiger partial charge in [0, 0.05) is 32.1 Å². The monoisotopic (exact) mass is 403 g/mol. The Morgan fingerprint density at radius 2 is 1.93 bits per heavy atom. The summed E-state index contributed by atoms with van der Waals surface area (Å²) in [6.07, 6.45) is 2.60. The molecule has 2 aromatic carbocycles. The Kier molecular flexibility index (Phi) is 4.86. The Balaban J connectivity index is 1.26. The second-order valence-electron chi connectivity index (χ2n) is 9.01. The molecule has 2 fully saturated rings. The Hall–Kier alpha value is -2.66. The van der Waals surface area contributed by atoms with E-state index in [-0.39, 0.29) is 11.8 Å². The number of aliphatic hydroxyl groups is 1. The van der Waals surface area contributed by atoms with Gasteiger partial charge in [-0.2, -0.15) is 0 Å². The van der Waals surface area contributed by atoms with Crippen LogP contribution in [0.1, 0.15) is 36.0 Å². The van der Waals surface area contributed by atoms with Crippen LogP contribution in [0.3, 0.4) is 0 Å². The van der Waals surface area contributed by atoms with Gasteiger partial charge in [-0.25, -0.2) is 4.99 Å². The second-order valence-corrected chi connectivity index (χ2v) is 9.01. The molecule has 5 heteroatoms. The highest BCUT2D eigenvalue weighted by molar-refractivity contribution is 5.91.